The molecule has 120 valence electrons. The molecule has 1 aromatic carbocycles. The zero-order valence-electron chi connectivity index (χ0n) is 13.2. The zero-order valence-corrected chi connectivity index (χ0v) is 14.0. The van der Waals surface area contributed by atoms with Gasteiger partial charge in [-0.25, -0.2) is 4.98 Å². The number of hydrogen-bond acceptors (Lipinski definition) is 4. The Morgan fingerprint density at radius 2 is 2.04 bits per heavy atom. The lowest BCUT2D eigenvalue weighted by atomic mass is 10.1. The lowest BCUT2D eigenvalue weighted by Gasteiger charge is -2.24. The monoisotopic (exact) mass is 331 g/mol. The standard InChI is InChI=1S/C16H18ClN5O/c1-10(11-4-6-12(17)7-5-11)21(2)9-14-19-15-13(16(23)20-14)8-18-22(15)3/h4-8,10H,9H2,1-3H3,(H,19,20,23)/t10-/m1/s1. The van der Waals surface area contributed by atoms with E-state index >= 15 is 0 Å². The minimum Gasteiger partial charge on any atom is -0.309 e. The number of benzene rings is 1. The SMILES string of the molecule is C[C@H](c1ccc(Cl)cc1)N(C)Cc1nc2c(cnn2C)c(=O)[nH]1. The highest BCUT2D eigenvalue weighted by molar-refractivity contribution is 6.30. The predicted molar refractivity (Wildman–Crippen MR) is 90.5 cm³/mol. The number of halogens is 1. The number of nitrogens with one attached hydrogen (secondary N) is 1. The molecule has 0 aliphatic rings. The lowest BCUT2D eigenvalue weighted by molar-refractivity contribution is 0.247. The first kappa shape index (κ1) is 15.7. The molecule has 0 aliphatic carbocycles. The smallest absolute Gasteiger partial charge is 0.262 e. The van der Waals surface area contributed by atoms with Gasteiger partial charge in [0.1, 0.15) is 11.2 Å². The maximum atomic E-state index is 12.1. The van der Waals surface area contributed by atoms with E-state index in [2.05, 4.69) is 26.9 Å². The van der Waals surface area contributed by atoms with E-state index in [1.165, 1.54) is 6.20 Å². The molecule has 6 nitrogen and oxygen atoms in total. The largest absolute Gasteiger partial charge is 0.309 e. The molecular weight excluding hydrogens is 314 g/mol. The van der Waals surface area contributed by atoms with Gasteiger partial charge in [0.2, 0.25) is 0 Å². The first-order chi connectivity index (χ1) is 11.0. The molecule has 3 aromatic rings. The van der Waals surface area contributed by atoms with Gasteiger partial charge in [-0.2, -0.15) is 5.10 Å². The summed E-state index contributed by atoms with van der Waals surface area (Å²) < 4.78 is 1.61. The summed E-state index contributed by atoms with van der Waals surface area (Å²) in [4.78, 5) is 21.5. The maximum absolute atomic E-state index is 12.1. The summed E-state index contributed by atoms with van der Waals surface area (Å²) in [6.45, 7) is 2.63. The predicted octanol–water partition coefficient (Wildman–Crippen LogP) is 2.50. The van der Waals surface area contributed by atoms with Gasteiger partial charge in [0.05, 0.1) is 12.7 Å². The number of aromatic nitrogens is 4. The van der Waals surface area contributed by atoms with Crippen molar-refractivity contribution in [1.29, 1.82) is 0 Å². The van der Waals surface area contributed by atoms with Crippen LogP contribution in [0.25, 0.3) is 11.0 Å². The van der Waals surface area contributed by atoms with Crippen molar-refractivity contribution in [1.82, 2.24) is 24.6 Å². The van der Waals surface area contributed by atoms with Crippen molar-refractivity contribution in [2.24, 2.45) is 7.05 Å². The quantitative estimate of drug-likeness (QED) is 0.797. The topological polar surface area (TPSA) is 66.8 Å². The molecule has 0 amide bonds. The van der Waals surface area contributed by atoms with Crippen LogP contribution in [0.2, 0.25) is 5.02 Å². The van der Waals surface area contributed by atoms with Crippen molar-refractivity contribution in [3.8, 4) is 0 Å². The van der Waals surface area contributed by atoms with Gasteiger partial charge >= 0.3 is 0 Å². The molecule has 2 aromatic heterocycles. The first-order valence-corrected chi connectivity index (χ1v) is 7.70. The number of aryl methyl sites for hydroxylation is 1. The Bertz CT molecular complexity index is 884. The van der Waals surface area contributed by atoms with E-state index in [4.69, 9.17) is 11.6 Å². The minimum absolute atomic E-state index is 0.161. The van der Waals surface area contributed by atoms with Gasteiger partial charge in [0.25, 0.3) is 5.56 Å². The van der Waals surface area contributed by atoms with Crippen LogP contribution in [0.4, 0.5) is 0 Å². The summed E-state index contributed by atoms with van der Waals surface area (Å²) in [5.74, 6) is 0.620. The molecule has 1 atom stereocenters. The summed E-state index contributed by atoms with van der Waals surface area (Å²) in [6.07, 6.45) is 1.53. The molecule has 7 heteroatoms. The third-order valence-electron chi connectivity index (χ3n) is 4.06. The van der Waals surface area contributed by atoms with Gasteiger partial charge in [-0.3, -0.25) is 14.4 Å². The van der Waals surface area contributed by atoms with Gasteiger partial charge in [-0.05, 0) is 31.7 Å². The van der Waals surface area contributed by atoms with Gasteiger partial charge in [0.15, 0.2) is 5.65 Å². The fraction of sp³-hybridized carbons (Fsp3) is 0.312. The normalized spacial score (nSPS) is 12.9. The highest BCUT2D eigenvalue weighted by atomic mass is 35.5. The van der Waals surface area contributed by atoms with E-state index in [0.717, 1.165) is 10.6 Å². The zero-order chi connectivity index (χ0) is 16.6. The van der Waals surface area contributed by atoms with Crippen molar-refractivity contribution < 1.29 is 0 Å². The van der Waals surface area contributed by atoms with Crippen LogP contribution in [0.3, 0.4) is 0 Å². The van der Waals surface area contributed by atoms with Crippen LogP contribution in [0.5, 0.6) is 0 Å². The number of H-pyrrole nitrogens is 1. The van der Waals surface area contributed by atoms with Crippen LogP contribution in [0.1, 0.15) is 24.4 Å². The third kappa shape index (κ3) is 3.13. The van der Waals surface area contributed by atoms with E-state index in [0.29, 0.717) is 23.4 Å². The number of aromatic amines is 1. The van der Waals surface area contributed by atoms with Crippen LogP contribution in [0.15, 0.2) is 35.3 Å². The summed E-state index contributed by atoms with van der Waals surface area (Å²) in [5.41, 5.74) is 1.59. The molecule has 23 heavy (non-hydrogen) atoms. The number of hydrogen-bond donors (Lipinski definition) is 1. The molecule has 3 rings (SSSR count). The molecule has 1 N–H and O–H groups in total. The van der Waals surface area contributed by atoms with E-state index in [-0.39, 0.29) is 11.6 Å². The Morgan fingerprint density at radius 3 is 2.74 bits per heavy atom. The molecule has 0 unspecified atom stereocenters. The fourth-order valence-corrected chi connectivity index (χ4v) is 2.65. The van der Waals surface area contributed by atoms with Crippen LogP contribution in [-0.2, 0) is 13.6 Å². The molecular formula is C16H18ClN5O. The molecule has 2 heterocycles. The van der Waals surface area contributed by atoms with Crippen LogP contribution in [0, 0.1) is 0 Å². The number of fused-ring (bicyclic) bond motifs is 1. The highest BCUT2D eigenvalue weighted by Crippen LogP contribution is 2.21. The van der Waals surface area contributed by atoms with Gasteiger partial charge in [-0.15, -0.1) is 0 Å². The molecule has 0 fully saturated rings. The van der Waals surface area contributed by atoms with Crippen LogP contribution >= 0.6 is 11.6 Å². The van der Waals surface area contributed by atoms with Gasteiger partial charge in [0, 0.05) is 18.1 Å². The second-order valence-electron chi connectivity index (χ2n) is 5.66. The fourth-order valence-electron chi connectivity index (χ4n) is 2.52. The molecule has 0 bridgehead atoms. The van der Waals surface area contributed by atoms with Crippen molar-refractivity contribution in [2.75, 3.05) is 7.05 Å². The Morgan fingerprint density at radius 1 is 1.35 bits per heavy atom. The number of nitrogens with zero attached hydrogens (tertiary/aromatic N) is 4. The Balaban J connectivity index is 1.84. The summed E-state index contributed by atoms with van der Waals surface area (Å²) in [7, 11) is 3.77. The summed E-state index contributed by atoms with van der Waals surface area (Å²) in [5, 5.41) is 5.30. The lowest BCUT2D eigenvalue weighted by Crippen LogP contribution is -2.25. The first-order valence-electron chi connectivity index (χ1n) is 7.32. The second-order valence-corrected chi connectivity index (χ2v) is 6.10. The Hall–Kier alpha value is -2.18. The average molecular weight is 332 g/mol. The second kappa shape index (κ2) is 6.14. The van der Waals surface area contributed by atoms with Crippen molar-refractivity contribution >= 4 is 22.6 Å². The van der Waals surface area contributed by atoms with Crippen LogP contribution < -0.4 is 5.56 Å². The molecule has 0 saturated carbocycles. The third-order valence-corrected chi connectivity index (χ3v) is 4.32. The average Bonchev–Trinajstić information content (AvgIpc) is 2.89. The minimum atomic E-state index is -0.161. The van der Waals surface area contributed by atoms with E-state index in [1.807, 2.05) is 31.3 Å². The number of rotatable bonds is 4. The van der Waals surface area contributed by atoms with E-state index in [9.17, 15) is 4.79 Å². The van der Waals surface area contributed by atoms with Crippen LogP contribution in [-0.4, -0.2) is 31.7 Å². The molecule has 0 radical (unpaired) electrons. The summed E-state index contributed by atoms with van der Waals surface area (Å²) in [6, 6.07) is 7.93. The van der Waals surface area contributed by atoms with Crippen molar-refractivity contribution in [2.45, 2.75) is 19.5 Å². The van der Waals surface area contributed by atoms with Gasteiger partial charge in [-0.1, -0.05) is 23.7 Å². The molecule has 0 aliphatic heterocycles. The Labute approximate surface area is 138 Å². The highest BCUT2D eigenvalue weighted by Gasteiger charge is 2.15. The van der Waals surface area contributed by atoms with Gasteiger partial charge < -0.3 is 4.98 Å². The van der Waals surface area contributed by atoms with E-state index in [1.54, 1.807) is 11.7 Å². The maximum Gasteiger partial charge on any atom is 0.262 e. The van der Waals surface area contributed by atoms with Crippen molar-refractivity contribution in [3.63, 3.8) is 0 Å². The molecule has 0 spiro atoms. The van der Waals surface area contributed by atoms with E-state index < -0.39 is 0 Å². The van der Waals surface area contributed by atoms with Crippen molar-refractivity contribution in [3.05, 3.63) is 57.2 Å². The molecule has 0 saturated heterocycles. The Kier molecular flexibility index (Phi) is 4.19. The summed E-state index contributed by atoms with van der Waals surface area (Å²) >= 11 is 5.93.